The fraction of sp³-hybridized carbons (Fsp3) is 0. The molecule has 2 aromatic rings. The highest BCUT2D eigenvalue weighted by Crippen LogP contribution is 2.28. The van der Waals surface area contributed by atoms with E-state index < -0.39 is 5.97 Å². The largest absolute Gasteiger partial charge is 0.478 e. The second-order valence-electron chi connectivity index (χ2n) is 3.18. The first kappa shape index (κ1) is 10.8. The Labute approximate surface area is 101 Å². The summed E-state index contributed by atoms with van der Waals surface area (Å²) in [4.78, 5) is 15.2. The summed E-state index contributed by atoms with van der Waals surface area (Å²) in [5, 5.41) is 9.07. The van der Waals surface area contributed by atoms with Gasteiger partial charge in [0.05, 0.1) is 11.3 Å². The maximum absolute atomic E-state index is 11.1. The standard InChI is InChI=1S/C12H8BrNO2/c13-10-6-3-7-14-11(10)8-4-1-2-5-9(8)12(15)16/h1-7H,(H,15,16). The third-order valence-corrected chi connectivity index (χ3v) is 2.81. The predicted octanol–water partition coefficient (Wildman–Crippen LogP) is 3.21. The van der Waals surface area contributed by atoms with E-state index >= 15 is 0 Å². The van der Waals surface area contributed by atoms with Gasteiger partial charge in [-0.25, -0.2) is 4.79 Å². The van der Waals surface area contributed by atoms with Crippen molar-refractivity contribution in [3.8, 4) is 11.3 Å². The number of hydrogen-bond acceptors (Lipinski definition) is 2. The first-order valence-corrected chi connectivity index (χ1v) is 5.42. The fourth-order valence-corrected chi connectivity index (χ4v) is 1.93. The number of carbonyl (C=O) groups is 1. The van der Waals surface area contributed by atoms with E-state index in [1.165, 1.54) is 0 Å². The lowest BCUT2D eigenvalue weighted by molar-refractivity contribution is 0.0697. The summed E-state index contributed by atoms with van der Waals surface area (Å²) in [7, 11) is 0. The molecule has 1 aromatic heterocycles. The summed E-state index contributed by atoms with van der Waals surface area (Å²) in [5.41, 5.74) is 1.50. The van der Waals surface area contributed by atoms with E-state index in [1.54, 1.807) is 36.5 Å². The molecule has 0 unspecified atom stereocenters. The molecule has 1 heterocycles. The molecular formula is C12H8BrNO2. The molecule has 0 spiro atoms. The van der Waals surface area contributed by atoms with Gasteiger partial charge in [0.15, 0.2) is 0 Å². The van der Waals surface area contributed by atoms with Crippen LogP contribution in [0.2, 0.25) is 0 Å². The third-order valence-electron chi connectivity index (χ3n) is 2.17. The van der Waals surface area contributed by atoms with Crippen molar-refractivity contribution < 1.29 is 9.90 Å². The van der Waals surface area contributed by atoms with Gasteiger partial charge in [-0.2, -0.15) is 0 Å². The Balaban J connectivity index is 2.65. The van der Waals surface area contributed by atoms with Gasteiger partial charge in [0.25, 0.3) is 0 Å². The van der Waals surface area contributed by atoms with Gasteiger partial charge < -0.3 is 5.11 Å². The third kappa shape index (κ3) is 1.97. The van der Waals surface area contributed by atoms with E-state index in [0.717, 1.165) is 4.47 Å². The van der Waals surface area contributed by atoms with Crippen LogP contribution in [0.25, 0.3) is 11.3 Å². The Morgan fingerprint density at radius 1 is 1.19 bits per heavy atom. The van der Waals surface area contributed by atoms with Crippen molar-refractivity contribution in [3.63, 3.8) is 0 Å². The van der Waals surface area contributed by atoms with Crippen LogP contribution in [0.15, 0.2) is 47.1 Å². The molecule has 4 heteroatoms. The second-order valence-corrected chi connectivity index (χ2v) is 4.04. The Hall–Kier alpha value is -1.68. The molecule has 0 aliphatic rings. The number of aromatic carboxylic acids is 1. The molecule has 0 saturated heterocycles. The van der Waals surface area contributed by atoms with Crippen molar-refractivity contribution >= 4 is 21.9 Å². The predicted molar refractivity (Wildman–Crippen MR) is 64.3 cm³/mol. The fourth-order valence-electron chi connectivity index (χ4n) is 1.46. The van der Waals surface area contributed by atoms with E-state index in [0.29, 0.717) is 11.3 Å². The molecule has 0 aliphatic carbocycles. The van der Waals surface area contributed by atoms with Crippen LogP contribution in [0.3, 0.4) is 0 Å². The maximum Gasteiger partial charge on any atom is 0.336 e. The van der Waals surface area contributed by atoms with Crippen LogP contribution >= 0.6 is 15.9 Å². The van der Waals surface area contributed by atoms with E-state index in [2.05, 4.69) is 20.9 Å². The summed E-state index contributed by atoms with van der Waals surface area (Å²) in [6, 6.07) is 10.4. The van der Waals surface area contributed by atoms with E-state index in [1.807, 2.05) is 6.07 Å². The van der Waals surface area contributed by atoms with Gasteiger partial charge in [0.1, 0.15) is 0 Å². The summed E-state index contributed by atoms with van der Waals surface area (Å²) < 4.78 is 0.781. The number of nitrogens with zero attached hydrogens (tertiary/aromatic N) is 1. The summed E-state index contributed by atoms with van der Waals surface area (Å²) >= 11 is 3.36. The zero-order chi connectivity index (χ0) is 11.5. The lowest BCUT2D eigenvalue weighted by atomic mass is 10.0. The molecule has 0 fully saturated rings. The van der Waals surface area contributed by atoms with E-state index in [-0.39, 0.29) is 5.56 Å². The Morgan fingerprint density at radius 2 is 1.94 bits per heavy atom. The number of carboxylic acid groups (broad SMARTS) is 1. The number of aromatic nitrogens is 1. The number of benzene rings is 1. The maximum atomic E-state index is 11.1. The van der Waals surface area contributed by atoms with Crippen LogP contribution in [-0.2, 0) is 0 Å². The molecule has 0 aliphatic heterocycles. The van der Waals surface area contributed by atoms with Crippen molar-refractivity contribution in [1.29, 1.82) is 0 Å². The SMILES string of the molecule is O=C(O)c1ccccc1-c1ncccc1Br. The molecule has 0 radical (unpaired) electrons. The Kier molecular flexibility index (Phi) is 3.01. The number of pyridine rings is 1. The molecule has 2 rings (SSSR count). The molecule has 80 valence electrons. The number of halogens is 1. The lowest BCUT2D eigenvalue weighted by Crippen LogP contribution is -2.00. The molecule has 0 amide bonds. The highest BCUT2D eigenvalue weighted by molar-refractivity contribution is 9.10. The lowest BCUT2D eigenvalue weighted by Gasteiger charge is -2.06. The van der Waals surface area contributed by atoms with Crippen LogP contribution in [-0.4, -0.2) is 16.1 Å². The van der Waals surface area contributed by atoms with E-state index in [9.17, 15) is 4.79 Å². The van der Waals surface area contributed by atoms with Gasteiger partial charge in [-0.1, -0.05) is 18.2 Å². The van der Waals surface area contributed by atoms with Gasteiger partial charge >= 0.3 is 5.97 Å². The smallest absolute Gasteiger partial charge is 0.336 e. The minimum absolute atomic E-state index is 0.252. The molecule has 0 atom stereocenters. The van der Waals surface area contributed by atoms with Crippen molar-refractivity contribution in [2.75, 3.05) is 0 Å². The normalized spacial score (nSPS) is 10.1. The average molecular weight is 278 g/mol. The first-order chi connectivity index (χ1) is 7.70. The highest BCUT2D eigenvalue weighted by Gasteiger charge is 2.13. The zero-order valence-electron chi connectivity index (χ0n) is 8.22. The number of rotatable bonds is 2. The minimum Gasteiger partial charge on any atom is -0.478 e. The molecular weight excluding hydrogens is 270 g/mol. The van der Waals surface area contributed by atoms with Crippen molar-refractivity contribution in [1.82, 2.24) is 4.98 Å². The Bertz CT molecular complexity index is 540. The molecule has 1 N–H and O–H groups in total. The van der Waals surface area contributed by atoms with Crippen molar-refractivity contribution in [2.24, 2.45) is 0 Å². The molecule has 0 saturated carbocycles. The monoisotopic (exact) mass is 277 g/mol. The van der Waals surface area contributed by atoms with Crippen molar-refractivity contribution in [2.45, 2.75) is 0 Å². The summed E-state index contributed by atoms with van der Waals surface area (Å²) in [6.07, 6.45) is 1.64. The van der Waals surface area contributed by atoms with Gasteiger partial charge in [0, 0.05) is 16.2 Å². The van der Waals surface area contributed by atoms with Crippen LogP contribution in [0.1, 0.15) is 10.4 Å². The molecule has 0 bridgehead atoms. The Morgan fingerprint density at radius 3 is 2.62 bits per heavy atom. The van der Waals surface area contributed by atoms with Crippen LogP contribution in [0, 0.1) is 0 Å². The summed E-state index contributed by atoms with van der Waals surface area (Å²) in [6.45, 7) is 0. The average Bonchev–Trinajstić information content (AvgIpc) is 2.29. The van der Waals surface area contributed by atoms with Gasteiger partial charge in [-0.05, 0) is 34.1 Å². The molecule has 3 nitrogen and oxygen atoms in total. The summed E-state index contributed by atoms with van der Waals surface area (Å²) in [5.74, 6) is -0.951. The van der Waals surface area contributed by atoms with Crippen LogP contribution in [0.5, 0.6) is 0 Å². The minimum atomic E-state index is -0.951. The first-order valence-electron chi connectivity index (χ1n) is 4.63. The quantitative estimate of drug-likeness (QED) is 0.917. The van der Waals surface area contributed by atoms with Crippen LogP contribution in [0.4, 0.5) is 0 Å². The molecule has 1 aromatic carbocycles. The number of carboxylic acids is 1. The van der Waals surface area contributed by atoms with Gasteiger partial charge in [-0.3, -0.25) is 4.98 Å². The zero-order valence-corrected chi connectivity index (χ0v) is 9.81. The number of hydrogen-bond donors (Lipinski definition) is 1. The van der Waals surface area contributed by atoms with E-state index in [4.69, 9.17) is 5.11 Å². The second kappa shape index (κ2) is 4.45. The molecule has 16 heavy (non-hydrogen) atoms. The van der Waals surface area contributed by atoms with Crippen LogP contribution < -0.4 is 0 Å². The highest BCUT2D eigenvalue weighted by atomic mass is 79.9. The topological polar surface area (TPSA) is 50.2 Å². The van der Waals surface area contributed by atoms with Gasteiger partial charge in [0.2, 0.25) is 0 Å². The van der Waals surface area contributed by atoms with Gasteiger partial charge in [-0.15, -0.1) is 0 Å². The van der Waals surface area contributed by atoms with Crippen molar-refractivity contribution in [3.05, 3.63) is 52.6 Å².